The van der Waals surface area contributed by atoms with Gasteiger partial charge in [-0.3, -0.25) is 9.89 Å². The maximum atomic E-state index is 13.2. The number of amides is 1. The summed E-state index contributed by atoms with van der Waals surface area (Å²) in [6, 6.07) is 16.0. The van der Waals surface area contributed by atoms with Crippen LogP contribution in [-0.4, -0.2) is 49.3 Å². The molecule has 1 fully saturated rings. The largest absolute Gasteiger partial charge is 0.378 e. The molecule has 2 aromatic carbocycles. The smallest absolute Gasteiger partial charge is 0.251 e. The fourth-order valence-corrected chi connectivity index (χ4v) is 3.73. The van der Waals surface area contributed by atoms with Crippen molar-refractivity contribution in [3.8, 4) is 11.3 Å². The van der Waals surface area contributed by atoms with E-state index in [2.05, 4.69) is 20.4 Å². The highest BCUT2D eigenvalue weighted by atomic mass is 19.1. The Morgan fingerprint density at radius 2 is 1.90 bits per heavy atom. The molecule has 2 N–H and O–H groups in total. The Labute approximate surface area is 175 Å². The number of halogens is 1. The van der Waals surface area contributed by atoms with E-state index in [9.17, 15) is 9.18 Å². The van der Waals surface area contributed by atoms with Crippen LogP contribution in [0.1, 0.15) is 23.2 Å². The molecule has 0 aliphatic carbocycles. The number of H-pyrrole nitrogens is 1. The predicted octanol–water partition coefficient (Wildman–Crippen LogP) is 3.68. The average Bonchev–Trinajstić information content (AvgIpc) is 3.25. The summed E-state index contributed by atoms with van der Waals surface area (Å²) in [5.74, 6) is 0.522. The van der Waals surface area contributed by atoms with Crippen molar-refractivity contribution < 1.29 is 9.18 Å². The zero-order valence-electron chi connectivity index (χ0n) is 17.2. The molecule has 1 amide bonds. The Balaban J connectivity index is 1.39. The van der Waals surface area contributed by atoms with Crippen LogP contribution in [0.4, 0.5) is 15.9 Å². The van der Waals surface area contributed by atoms with Crippen LogP contribution in [0.5, 0.6) is 0 Å². The number of aromatic nitrogens is 2. The van der Waals surface area contributed by atoms with E-state index in [1.807, 2.05) is 49.3 Å². The Morgan fingerprint density at radius 1 is 1.17 bits per heavy atom. The van der Waals surface area contributed by atoms with Crippen LogP contribution in [-0.2, 0) is 0 Å². The minimum absolute atomic E-state index is 0.0545. The summed E-state index contributed by atoms with van der Waals surface area (Å²) in [5, 5.41) is 10.6. The maximum Gasteiger partial charge on any atom is 0.251 e. The number of rotatable bonds is 5. The number of carbonyl (C=O) groups is 1. The molecule has 1 saturated heterocycles. The normalized spacial score (nSPS) is 16.4. The molecule has 0 spiro atoms. The van der Waals surface area contributed by atoms with Crippen molar-refractivity contribution in [3.05, 3.63) is 66.0 Å². The summed E-state index contributed by atoms with van der Waals surface area (Å²) in [6.07, 6.45) is 1.91. The standard InChI is InChI=1S/C23H26FN5O/c1-28(2)20-11-7-17(8-12-20)23(30)25-19-4-3-13-29(15-19)22-14-21(26-27-22)16-5-9-18(24)10-6-16/h5-12,14,19H,3-4,13,15H2,1-2H3,(H,25,30)(H,26,27). The van der Waals surface area contributed by atoms with Crippen LogP contribution in [0.2, 0.25) is 0 Å². The molecule has 6 nitrogen and oxygen atoms in total. The first-order chi connectivity index (χ1) is 14.5. The Kier molecular flexibility index (Phi) is 5.70. The maximum absolute atomic E-state index is 13.2. The summed E-state index contributed by atoms with van der Waals surface area (Å²) in [6.45, 7) is 1.59. The van der Waals surface area contributed by atoms with Crippen LogP contribution in [0, 0.1) is 5.82 Å². The van der Waals surface area contributed by atoms with Crippen molar-refractivity contribution in [1.82, 2.24) is 15.5 Å². The van der Waals surface area contributed by atoms with Gasteiger partial charge in [0.2, 0.25) is 0 Å². The Bertz CT molecular complexity index is 997. The fourth-order valence-electron chi connectivity index (χ4n) is 3.73. The number of nitrogens with one attached hydrogen (secondary N) is 2. The van der Waals surface area contributed by atoms with Gasteiger partial charge in [-0.25, -0.2) is 4.39 Å². The van der Waals surface area contributed by atoms with Gasteiger partial charge in [0.05, 0.1) is 5.69 Å². The van der Waals surface area contributed by atoms with Gasteiger partial charge in [-0.15, -0.1) is 0 Å². The molecular formula is C23H26FN5O. The molecule has 156 valence electrons. The van der Waals surface area contributed by atoms with E-state index in [1.54, 1.807) is 12.1 Å². The zero-order chi connectivity index (χ0) is 21.1. The third kappa shape index (κ3) is 4.45. The molecule has 1 aliphatic rings. The summed E-state index contributed by atoms with van der Waals surface area (Å²) in [4.78, 5) is 16.8. The lowest BCUT2D eigenvalue weighted by Crippen LogP contribution is -2.48. The lowest BCUT2D eigenvalue weighted by molar-refractivity contribution is 0.0933. The molecule has 1 aromatic heterocycles. The highest BCUT2D eigenvalue weighted by Gasteiger charge is 2.23. The van der Waals surface area contributed by atoms with Crippen molar-refractivity contribution >= 4 is 17.4 Å². The van der Waals surface area contributed by atoms with Gasteiger partial charge in [0.15, 0.2) is 5.82 Å². The summed E-state index contributed by atoms with van der Waals surface area (Å²) in [7, 11) is 3.95. The molecule has 7 heteroatoms. The lowest BCUT2D eigenvalue weighted by atomic mass is 10.0. The van der Waals surface area contributed by atoms with Crippen LogP contribution >= 0.6 is 0 Å². The molecule has 0 saturated carbocycles. The fraction of sp³-hybridized carbons (Fsp3) is 0.304. The molecule has 1 aliphatic heterocycles. The monoisotopic (exact) mass is 407 g/mol. The van der Waals surface area contributed by atoms with Gasteiger partial charge in [-0.2, -0.15) is 5.10 Å². The molecule has 1 unspecified atom stereocenters. The van der Waals surface area contributed by atoms with Gasteiger partial charge in [0.25, 0.3) is 5.91 Å². The van der Waals surface area contributed by atoms with E-state index in [1.165, 1.54) is 12.1 Å². The van der Waals surface area contributed by atoms with Crippen LogP contribution < -0.4 is 15.1 Å². The second-order valence-electron chi connectivity index (χ2n) is 7.85. The van der Waals surface area contributed by atoms with Gasteiger partial charge in [-0.1, -0.05) is 0 Å². The SMILES string of the molecule is CN(C)c1ccc(C(=O)NC2CCCN(c3cc(-c4ccc(F)cc4)[nH]n3)C2)cc1. The number of aromatic amines is 1. The molecular weight excluding hydrogens is 381 g/mol. The molecule has 0 radical (unpaired) electrons. The topological polar surface area (TPSA) is 64.3 Å². The van der Waals surface area contributed by atoms with Crippen LogP contribution in [0.3, 0.4) is 0 Å². The third-order valence-electron chi connectivity index (χ3n) is 5.45. The van der Waals surface area contributed by atoms with Crippen LogP contribution in [0.15, 0.2) is 54.6 Å². The van der Waals surface area contributed by atoms with Crippen molar-refractivity contribution in [2.45, 2.75) is 18.9 Å². The molecule has 30 heavy (non-hydrogen) atoms. The number of nitrogens with zero attached hydrogens (tertiary/aromatic N) is 3. The number of piperidine rings is 1. The van der Waals surface area contributed by atoms with Gasteiger partial charge < -0.3 is 15.1 Å². The van der Waals surface area contributed by atoms with Crippen molar-refractivity contribution in [1.29, 1.82) is 0 Å². The zero-order valence-corrected chi connectivity index (χ0v) is 17.2. The summed E-state index contributed by atoms with van der Waals surface area (Å²) in [5.41, 5.74) is 3.46. The minimum atomic E-state index is -0.260. The van der Waals surface area contributed by atoms with Crippen molar-refractivity contribution in [2.24, 2.45) is 0 Å². The van der Waals surface area contributed by atoms with E-state index in [4.69, 9.17) is 0 Å². The van der Waals surface area contributed by atoms with E-state index >= 15 is 0 Å². The number of benzene rings is 2. The Morgan fingerprint density at radius 3 is 2.60 bits per heavy atom. The summed E-state index contributed by atoms with van der Waals surface area (Å²) >= 11 is 0. The third-order valence-corrected chi connectivity index (χ3v) is 5.45. The minimum Gasteiger partial charge on any atom is -0.378 e. The molecule has 0 bridgehead atoms. The highest BCUT2D eigenvalue weighted by molar-refractivity contribution is 5.94. The molecule has 4 rings (SSSR count). The van der Waals surface area contributed by atoms with Gasteiger partial charge in [-0.05, 0) is 66.9 Å². The average molecular weight is 407 g/mol. The number of carbonyl (C=O) groups excluding carboxylic acids is 1. The van der Waals surface area contributed by atoms with Crippen molar-refractivity contribution in [2.75, 3.05) is 37.0 Å². The van der Waals surface area contributed by atoms with E-state index in [0.717, 1.165) is 42.1 Å². The van der Waals surface area contributed by atoms with Crippen molar-refractivity contribution in [3.63, 3.8) is 0 Å². The molecule has 2 heterocycles. The first-order valence-electron chi connectivity index (χ1n) is 10.1. The quantitative estimate of drug-likeness (QED) is 0.677. The van der Waals surface area contributed by atoms with E-state index in [0.29, 0.717) is 12.1 Å². The number of anilines is 2. The predicted molar refractivity (Wildman–Crippen MR) is 117 cm³/mol. The number of hydrogen-bond acceptors (Lipinski definition) is 4. The van der Waals surface area contributed by atoms with E-state index < -0.39 is 0 Å². The number of hydrogen-bond donors (Lipinski definition) is 2. The first-order valence-corrected chi connectivity index (χ1v) is 10.1. The second kappa shape index (κ2) is 8.57. The highest BCUT2D eigenvalue weighted by Crippen LogP contribution is 2.24. The van der Waals surface area contributed by atoms with E-state index in [-0.39, 0.29) is 17.8 Å². The first kappa shape index (κ1) is 19.9. The molecule has 1 atom stereocenters. The summed E-state index contributed by atoms with van der Waals surface area (Å²) < 4.78 is 13.2. The second-order valence-corrected chi connectivity index (χ2v) is 7.85. The van der Waals surface area contributed by atoms with Gasteiger partial charge >= 0.3 is 0 Å². The Hall–Kier alpha value is -3.35. The van der Waals surface area contributed by atoms with Gasteiger partial charge in [0.1, 0.15) is 5.82 Å². The molecule has 3 aromatic rings. The lowest BCUT2D eigenvalue weighted by Gasteiger charge is -2.33. The van der Waals surface area contributed by atoms with Crippen LogP contribution in [0.25, 0.3) is 11.3 Å². The van der Waals surface area contributed by atoms with Gasteiger partial charge in [0, 0.05) is 50.5 Å².